The van der Waals surface area contributed by atoms with E-state index in [9.17, 15) is 4.39 Å². The minimum Gasteiger partial charge on any atom is -0.318 e. The van der Waals surface area contributed by atoms with Gasteiger partial charge in [0.05, 0.1) is 5.54 Å². The summed E-state index contributed by atoms with van der Waals surface area (Å²) < 4.78 is 13.6. The second-order valence-electron chi connectivity index (χ2n) is 6.15. The Morgan fingerprint density at radius 2 is 1.90 bits per heavy atom. The van der Waals surface area contributed by atoms with Crippen molar-refractivity contribution in [2.75, 3.05) is 0 Å². The number of benzene rings is 1. The molecule has 21 heavy (non-hydrogen) atoms. The molecule has 0 radical (unpaired) electrons. The summed E-state index contributed by atoms with van der Waals surface area (Å²) in [6, 6.07) is 9.14. The van der Waals surface area contributed by atoms with Crippen LogP contribution in [0, 0.1) is 18.7 Å². The number of hydrogen-bond acceptors (Lipinski definition) is 2. The Labute approximate surface area is 125 Å². The molecule has 1 aliphatic carbocycles. The Balaban J connectivity index is 1.99. The van der Waals surface area contributed by atoms with E-state index < -0.39 is 5.54 Å². The minimum atomic E-state index is -0.565. The van der Waals surface area contributed by atoms with E-state index in [-0.39, 0.29) is 5.82 Å². The van der Waals surface area contributed by atoms with Gasteiger partial charge in [-0.3, -0.25) is 4.98 Å². The normalized spacial score (nSPS) is 17.5. The average Bonchev–Trinajstić information content (AvgIpc) is 3.33. The van der Waals surface area contributed by atoms with E-state index in [4.69, 9.17) is 5.73 Å². The first kappa shape index (κ1) is 14.2. The summed E-state index contributed by atoms with van der Waals surface area (Å²) in [5.74, 6) is 0.634. The molecule has 2 N–H and O–H groups in total. The summed E-state index contributed by atoms with van der Waals surface area (Å²) in [5.41, 5.74) is 8.89. The number of pyridine rings is 1. The van der Waals surface area contributed by atoms with E-state index in [1.165, 1.54) is 18.9 Å². The van der Waals surface area contributed by atoms with E-state index >= 15 is 0 Å². The Kier molecular flexibility index (Phi) is 3.77. The average molecular weight is 284 g/mol. The van der Waals surface area contributed by atoms with E-state index in [1.54, 1.807) is 19.3 Å². The molecule has 110 valence electrons. The predicted octanol–water partition coefficient (Wildman–Crippen LogP) is 3.92. The highest BCUT2D eigenvalue weighted by atomic mass is 19.1. The molecule has 2 aromatic rings. The lowest BCUT2D eigenvalue weighted by atomic mass is 9.79. The quantitative estimate of drug-likeness (QED) is 0.903. The fraction of sp³-hybridized carbons (Fsp3) is 0.389. The molecule has 0 bridgehead atoms. The second kappa shape index (κ2) is 5.57. The largest absolute Gasteiger partial charge is 0.318 e. The zero-order chi connectivity index (χ0) is 14.9. The highest BCUT2D eigenvalue weighted by molar-refractivity contribution is 5.39. The number of nitrogens with zero attached hydrogens (tertiary/aromatic N) is 1. The van der Waals surface area contributed by atoms with Crippen LogP contribution in [0.1, 0.15) is 42.4 Å². The lowest BCUT2D eigenvalue weighted by Crippen LogP contribution is -2.38. The van der Waals surface area contributed by atoms with Crippen molar-refractivity contribution in [1.29, 1.82) is 0 Å². The summed E-state index contributed by atoms with van der Waals surface area (Å²) in [7, 11) is 0. The third-order valence-corrected chi connectivity index (χ3v) is 4.51. The van der Waals surface area contributed by atoms with Crippen LogP contribution in [0.5, 0.6) is 0 Å². The molecule has 0 amide bonds. The van der Waals surface area contributed by atoms with Crippen LogP contribution in [0.15, 0.2) is 42.7 Å². The molecular formula is C18H21FN2. The van der Waals surface area contributed by atoms with Crippen LogP contribution in [0.25, 0.3) is 0 Å². The maximum Gasteiger partial charge on any atom is 0.126 e. The number of aryl methyl sites for hydroxylation is 1. The molecule has 1 atom stereocenters. The maximum absolute atomic E-state index is 13.6. The van der Waals surface area contributed by atoms with Crippen LogP contribution >= 0.6 is 0 Å². The number of nitrogens with two attached hydrogens (primary N) is 1. The van der Waals surface area contributed by atoms with Crippen molar-refractivity contribution in [3.05, 3.63) is 65.2 Å². The zero-order valence-corrected chi connectivity index (χ0v) is 12.3. The molecule has 1 saturated carbocycles. The van der Waals surface area contributed by atoms with Gasteiger partial charge in [-0.1, -0.05) is 25.0 Å². The van der Waals surface area contributed by atoms with Gasteiger partial charge in [0.2, 0.25) is 0 Å². The second-order valence-corrected chi connectivity index (χ2v) is 6.15. The number of hydrogen-bond donors (Lipinski definition) is 1. The predicted molar refractivity (Wildman–Crippen MR) is 82.3 cm³/mol. The smallest absolute Gasteiger partial charge is 0.126 e. The molecule has 0 aliphatic heterocycles. The molecule has 1 aromatic heterocycles. The van der Waals surface area contributed by atoms with Crippen molar-refractivity contribution in [1.82, 2.24) is 4.98 Å². The number of rotatable bonds is 5. The first-order chi connectivity index (χ1) is 10.1. The van der Waals surface area contributed by atoms with Crippen LogP contribution in [0.3, 0.4) is 0 Å². The van der Waals surface area contributed by atoms with Gasteiger partial charge < -0.3 is 5.73 Å². The van der Waals surface area contributed by atoms with Crippen molar-refractivity contribution in [3.63, 3.8) is 0 Å². The van der Waals surface area contributed by atoms with Gasteiger partial charge in [-0.25, -0.2) is 4.39 Å². The molecule has 0 spiro atoms. The first-order valence-corrected chi connectivity index (χ1v) is 7.55. The Morgan fingerprint density at radius 3 is 2.52 bits per heavy atom. The highest BCUT2D eigenvalue weighted by Crippen LogP contribution is 2.39. The van der Waals surface area contributed by atoms with Crippen LogP contribution in [-0.2, 0) is 5.54 Å². The molecular weight excluding hydrogens is 263 g/mol. The Bertz CT molecular complexity index is 622. The van der Waals surface area contributed by atoms with Gasteiger partial charge in [0.25, 0.3) is 0 Å². The minimum absolute atomic E-state index is 0.182. The third-order valence-electron chi connectivity index (χ3n) is 4.51. The topological polar surface area (TPSA) is 38.9 Å². The molecule has 1 fully saturated rings. The number of aromatic nitrogens is 1. The summed E-state index contributed by atoms with van der Waals surface area (Å²) in [6.07, 6.45) is 8.17. The molecule has 3 heteroatoms. The summed E-state index contributed by atoms with van der Waals surface area (Å²) in [5, 5.41) is 0. The van der Waals surface area contributed by atoms with Gasteiger partial charge >= 0.3 is 0 Å². The SMILES string of the molecule is Cc1cc(C(N)(CCC2CC2)c2ccncc2)ccc1F. The van der Waals surface area contributed by atoms with E-state index in [0.717, 1.165) is 29.9 Å². The summed E-state index contributed by atoms with van der Waals surface area (Å²) in [4.78, 5) is 4.08. The van der Waals surface area contributed by atoms with Crippen LogP contribution in [-0.4, -0.2) is 4.98 Å². The van der Waals surface area contributed by atoms with Crippen molar-refractivity contribution in [2.24, 2.45) is 11.7 Å². The van der Waals surface area contributed by atoms with Gasteiger partial charge in [0, 0.05) is 12.4 Å². The monoisotopic (exact) mass is 284 g/mol. The lowest BCUT2D eigenvalue weighted by molar-refractivity contribution is 0.453. The van der Waals surface area contributed by atoms with Crippen LogP contribution < -0.4 is 5.73 Å². The van der Waals surface area contributed by atoms with E-state index in [1.807, 2.05) is 24.3 Å². The van der Waals surface area contributed by atoms with Crippen molar-refractivity contribution >= 4 is 0 Å². The van der Waals surface area contributed by atoms with E-state index in [2.05, 4.69) is 4.98 Å². The number of halogens is 1. The summed E-state index contributed by atoms with van der Waals surface area (Å²) in [6.45, 7) is 1.78. The fourth-order valence-corrected chi connectivity index (χ4v) is 2.87. The van der Waals surface area contributed by atoms with Crippen molar-refractivity contribution in [2.45, 2.75) is 38.1 Å². The van der Waals surface area contributed by atoms with Gasteiger partial charge in [-0.15, -0.1) is 0 Å². The molecule has 0 saturated heterocycles. The molecule has 3 rings (SSSR count). The molecule has 1 heterocycles. The zero-order valence-electron chi connectivity index (χ0n) is 12.3. The van der Waals surface area contributed by atoms with Crippen molar-refractivity contribution in [3.8, 4) is 0 Å². The third kappa shape index (κ3) is 2.98. The molecule has 1 aliphatic rings. The molecule has 1 unspecified atom stereocenters. The van der Waals surface area contributed by atoms with Gasteiger partial charge in [-0.05, 0) is 60.6 Å². The highest BCUT2D eigenvalue weighted by Gasteiger charge is 2.33. The first-order valence-electron chi connectivity index (χ1n) is 7.55. The molecule has 2 nitrogen and oxygen atoms in total. The van der Waals surface area contributed by atoms with Crippen molar-refractivity contribution < 1.29 is 4.39 Å². The standard InChI is InChI=1S/C18H21FN2/c1-13-12-16(4-5-17(13)19)18(20,9-6-14-2-3-14)15-7-10-21-11-8-15/h4-5,7-8,10-12,14H,2-3,6,9,20H2,1H3. The van der Waals surface area contributed by atoms with Gasteiger partial charge in [0.15, 0.2) is 0 Å². The lowest BCUT2D eigenvalue weighted by Gasteiger charge is -2.31. The molecule has 1 aromatic carbocycles. The Morgan fingerprint density at radius 1 is 1.19 bits per heavy atom. The van der Waals surface area contributed by atoms with Crippen LogP contribution in [0.4, 0.5) is 4.39 Å². The van der Waals surface area contributed by atoms with Gasteiger partial charge in [0.1, 0.15) is 5.82 Å². The summed E-state index contributed by atoms with van der Waals surface area (Å²) >= 11 is 0. The fourth-order valence-electron chi connectivity index (χ4n) is 2.87. The van der Waals surface area contributed by atoms with Crippen LogP contribution in [0.2, 0.25) is 0 Å². The van der Waals surface area contributed by atoms with E-state index in [0.29, 0.717) is 5.56 Å². The van der Waals surface area contributed by atoms with Gasteiger partial charge in [-0.2, -0.15) is 0 Å². The Hall–Kier alpha value is -1.74. The maximum atomic E-state index is 13.6.